The van der Waals surface area contributed by atoms with Gasteiger partial charge >= 0.3 is 5.97 Å². The number of carbonyl (C=O) groups is 1. The van der Waals surface area contributed by atoms with E-state index < -0.39 is 5.97 Å². The van der Waals surface area contributed by atoms with E-state index in [-0.39, 0.29) is 6.42 Å². The first kappa shape index (κ1) is 12.6. The molecule has 0 spiro atoms. The third kappa shape index (κ3) is 2.36. The Morgan fingerprint density at radius 3 is 2.84 bits per heavy atom. The van der Waals surface area contributed by atoms with Crippen LogP contribution in [0.4, 0.5) is 0 Å². The molecule has 0 atom stereocenters. The molecule has 0 unspecified atom stereocenters. The van der Waals surface area contributed by atoms with Gasteiger partial charge < -0.3 is 5.11 Å². The number of aliphatic carboxylic acids is 1. The predicted octanol–water partition coefficient (Wildman–Crippen LogP) is 2.77. The van der Waals surface area contributed by atoms with Crippen molar-refractivity contribution in [3.63, 3.8) is 0 Å². The Morgan fingerprint density at radius 1 is 1.42 bits per heavy atom. The molecule has 0 amide bonds. The van der Waals surface area contributed by atoms with Gasteiger partial charge in [0.05, 0.1) is 17.8 Å². The van der Waals surface area contributed by atoms with Crippen molar-refractivity contribution in [2.45, 2.75) is 51.4 Å². The van der Waals surface area contributed by atoms with E-state index in [1.807, 2.05) is 6.92 Å². The van der Waals surface area contributed by atoms with Gasteiger partial charge in [0.1, 0.15) is 5.01 Å². The Kier molecular flexibility index (Phi) is 3.26. The normalized spacial score (nSPS) is 17.1. The summed E-state index contributed by atoms with van der Waals surface area (Å²) < 4.78 is 1.73. The minimum absolute atomic E-state index is 0.0131. The number of carboxylic acids is 1. The summed E-state index contributed by atoms with van der Waals surface area (Å²) in [6.07, 6.45) is 6.25. The highest BCUT2D eigenvalue weighted by atomic mass is 32.1. The molecule has 0 saturated heterocycles. The fraction of sp³-hybridized carbons (Fsp3) is 0.615. The molecule has 5 nitrogen and oxygen atoms in total. The minimum atomic E-state index is -0.836. The van der Waals surface area contributed by atoms with Crippen molar-refractivity contribution in [2.75, 3.05) is 0 Å². The largest absolute Gasteiger partial charge is 0.481 e. The Balaban J connectivity index is 1.96. The van der Waals surface area contributed by atoms with Gasteiger partial charge in [-0.15, -0.1) is 0 Å². The van der Waals surface area contributed by atoms with E-state index in [1.165, 1.54) is 32.1 Å². The molecule has 2 aromatic heterocycles. The van der Waals surface area contributed by atoms with Crippen LogP contribution in [0.5, 0.6) is 0 Å². The van der Waals surface area contributed by atoms with Crippen LogP contribution in [0.2, 0.25) is 0 Å². The van der Waals surface area contributed by atoms with Crippen molar-refractivity contribution in [1.82, 2.24) is 14.6 Å². The van der Waals surface area contributed by atoms with Gasteiger partial charge in [0.15, 0.2) is 0 Å². The Bertz CT molecular complexity index is 611. The van der Waals surface area contributed by atoms with Gasteiger partial charge in [-0.25, -0.2) is 9.50 Å². The molecule has 0 bridgehead atoms. The van der Waals surface area contributed by atoms with Crippen molar-refractivity contribution >= 4 is 22.3 Å². The van der Waals surface area contributed by atoms with E-state index in [4.69, 9.17) is 5.11 Å². The lowest BCUT2D eigenvalue weighted by atomic mass is 9.90. The summed E-state index contributed by atoms with van der Waals surface area (Å²) in [6, 6.07) is 0. The number of fused-ring (bicyclic) bond motifs is 1. The van der Waals surface area contributed by atoms with Crippen molar-refractivity contribution < 1.29 is 9.90 Å². The standard InChI is InChI=1S/C13H17N3O2S/c1-8-10(7-11(17)18)16-13(14-8)19-12(15-16)9-5-3-2-4-6-9/h9H,2-7H2,1H3,(H,17,18). The van der Waals surface area contributed by atoms with E-state index in [2.05, 4.69) is 10.1 Å². The predicted molar refractivity (Wildman–Crippen MR) is 72.8 cm³/mol. The molecule has 6 heteroatoms. The maximum absolute atomic E-state index is 10.9. The van der Waals surface area contributed by atoms with Crippen LogP contribution in [-0.4, -0.2) is 25.7 Å². The number of carboxylic acid groups (broad SMARTS) is 1. The molecule has 2 aromatic rings. The molecule has 3 rings (SSSR count). The molecule has 2 heterocycles. The molecule has 1 fully saturated rings. The topological polar surface area (TPSA) is 67.5 Å². The smallest absolute Gasteiger partial charge is 0.309 e. The summed E-state index contributed by atoms with van der Waals surface area (Å²) in [4.78, 5) is 16.2. The second kappa shape index (κ2) is 4.92. The monoisotopic (exact) mass is 279 g/mol. The first-order valence-electron chi connectivity index (χ1n) is 6.72. The van der Waals surface area contributed by atoms with Gasteiger partial charge in [-0.3, -0.25) is 4.79 Å². The molecule has 19 heavy (non-hydrogen) atoms. The first-order chi connectivity index (χ1) is 9.15. The van der Waals surface area contributed by atoms with Crippen molar-refractivity contribution in [3.05, 3.63) is 16.4 Å². The lowest BCUT2D eigenvalue weighted by Crippen LogP contribution is -2.07. The second-order valence-electron chi connectivity index (χ2n) is 5.18. The number of rotatable bonds is 3. The zero-order valence-corrected chi connectivity index (χ0v) is 11.7. The SMILES string of the molecule is Cc1nc2sc(C3CCCCC3)nn2c1CC(=O)O. The third-order valence-corrected chi connectivity index (χ3v) is 4.86. The highest BCUT2D eigenvalue weighted by Gasteiger charge is 2.22. The average molecular weight is 279 g/mol. The Labute approximate surface area is 115 Å². The van der Waals surface area contributed by atoms with Crippen LogP contribution in [-0.2, 0) is 11.2 Å². The van der Waals surface area contributed by atoms with Gasteiger partial charge in [0.2, 0.25) is 4.96 Å². The number of hydrogen-bond acceptors (Lipinski definition) is 4. The molecular formula is C13H17N3O2S. The summed E-state index contributed by atoms with van der Waals surface area (Å²) in [5, 5.41) is 14.7. The maximum Gasteiger partial charge on any atom is 0.309 e. The molecular weight excluding hydrogens is 262 g/mol. The molecule has 0 aromatic carbocycles. The van der Waals surface area contributed by atoms with E-state index in [1.54, 1.807) is 15.9 Å². The number of imidazole rings is 1. The Morgan fingerprint density at radius 2 is 2.16 bits per heavy atom. The molecule has 0 radical (unpaired) electrons. The summed E-state index contributed by atoms with van der Waals surface area (Å²) in [5.74, 6) is -0.296. The molecule has 0 aliphatic heterocycles. The van der Waals surface area contributed by atoms with E-state index >= 15 is 0 Å². The van der Waals surface area contributed by atoms with Gasteiger partial charge in [-0.2, -0.15) is 5.10 Å². The summed E-state index contributed by atoms with van der Waals surface area (Å²) in [5.41, 5.74) is 1.48. The fourth-order valence-corrected chi connectivity index (χ4v) is 3.90. The zero-order valence-electron chi connectivity index (χ0n) is 10.9. The van der Waals surface area contributed by atoms with Crippen LogP contribution in [0.1, 0.15) is 54.4 Å². The molecule has 1 saturated carbocycles. The summed E-state index contributed by atoms with van der Waals surface area (Å²) in [6.45, 7) is 1.85. The van der Waals surface area contributed by atoms with Crippen LogP contribution < -0.4 is 0 Å². The Hall–Kier alpha value is -1.43. The highest BCUT2D eigenvalue weighted by Crippen LogP contribution is 2.35. The number of aromatic nitrogens is 3. The fourth-order valence-electron chi connectivity index (χ4n) is 2.77. The van der Waals surface area contributed by atoms with Crippen molar-refractivity contribution in [2.24, 2.45) is 0 Å². The van der Waals surface area contributed by atoms with Crippen LogP contribution in [0, 0.1) is 6.92 Å². The van der Waals surface area contributed by atoms with Crippen LogP contribution in [0.25, 0.3) is 4.96 Å². The maximum atomic E-state index is 10.9. The minimum Gasteiger partial charge on any atom is -0.481 e. The van der Waals surface area contributed by atoms with Gasteiger partial charge in [-0.05, 0) is 19.8 Å². The van der Waals surface area contributed by atoms with Gasteiger partial charge in [-0.1, -0.05) is 30.6 Å². The number of nitrogens with zero attached hydrogens (tertiary/aromatic N) is 3. The average Bonchev–Trinajstić information content (AvgIpc) is 2.90. The van der Waals surface area contributed by atoms with Gasteiger partial charge in [0, 0.05) is 5.92 Å². The van der Waals surface area contributed by atoms with Crippen LogP contribution >= 0.6 is 11.3 Å². The van der Waals surface area contributed by atoms with Crippen molar-refractivity contribution in [1.29, 1.82) is 0 Å². The van der Waals surface area contributed by atoms with Crippen LogP contribution in [0.15, 0.2) is 0 Å². The quantitative estimate of drug-likeness (QED) is 0.938. The highest BCUT2D eigenvalue weighted by molar-refractivity contribution is 7.16. The second-order valence-corrected chi connectivity index (χ2v) is 6.17. The van der Waals surface area contributed by atoms with E-state index in [0.29, 0.717) is 11.6 Å². The van der Waals surface area contributed by atoms with Crippen LogP contribution in [0.3, 0.4) is 0 Å². The molecule has 1 aliphatic rings. The lowest BCUT2D eigenvalue weighted by molar-refractivity contribution is -0.136. The van der Waals surface area contributed by atoms with E-state index in [9.17, 15) is 4.79 Å². The first-order valence-corrected chi connectivity index (χ1v) is 7.53. The summed E-state index contributed by atoms with van der Waals surface area (Å²) in [7, 11) is 0. The molecule has 102 valence electrons. The number of aryl methyl sites for hydroxylation is 1. The molecule has 1 aliphatic carbocycles. The molecule has 1 N–H and O–H groups in total. The van der Waals surface area contributed by atoms with Gasteiger partial charge in [0.25, 0.3) is 0 Å². The number of hydrogen-bond donors (Lipinski definition) is 1. The van der Waals surface area contributed by atoms with Crippen molar-refractivity contribution in [3.8, 4) is 0 Å². The third-order valence-electron chi connectivity index (χ3n) is 3.79. The summed E-state index contributed by atoms with van der Waals surface area (Å²) >= 11 is 1.61. The zero-order chi connectivity index (χ0) is 13.4. The van der Waals surface area contributed by atoms with E-state index in [0.717, 1.165) is 15.7 Å². The lowest BCUT2D eigenvalue weighted by Gasteiger charge is -2.18.